The van der Waals surface area contributed by atoms with E-state index < -0.39 is 5.60 Å². The summed E-state index contributed by atoms with van der Waals surface area (Å²) in [7, 11) is 0. The van der Waals surface area contributed by atoms with Crippen molar-refractivity contribution in [2.24, 2.45) is 0 Å². The van der Waals surface area contributed by atoms with Crippen LogP contribution in [-0.4, -0.2) is 53.8 Å². The van der Waals surface area contributed by atoms with Crippen LogP contribution in [0.25, 0.3) is 0 Å². The zero-order valence-corrected chi connectivity index (χ0v) is 22.5. The van der Waals surface area contributed by atoms with Crippen molar-refractivity contribution in [3.8, 4) is 0 Å². The third-order valence-electron chi connectivity index (χ3n) is 7.15. The molecule has 0 aliphatic carbocycles. The van der Waals surface area contributed by atoms with Gasteiger partial charge in [0.05, 0.1) is 5.60 Å². The first-order valence-electron chi connectivity index (χ1n) is 13.0. The predicted octanol–water partition coefficient (Wildman–Crippen LogP) is 7.53. The third-order valence-corrected chi connectivity index (χ3v) is 7.59. The molecule has 3 heterocycles. The minimum Gasteiger partial charge on any atom is -0.372 e. The van der Waals surface area contributed by atoms with Crippen LogP contribution in [0.2, 0.25) is 10.0 Å². The molecular weight excluding hydrogens is 489 g/mol. The Bertz CT molecular complexity index is 1030. The molecule has 3 aliphatic heterocycles. The fourth-order valence-electron chi connectivity index (χ4n) is 5.18. The standard InChI is InChI=1S/C30H37Cl2N3O/c1-24(35-17-7-4-8-18-35)11-12-28(33)23-34-16-9-14-30(15-19-34)13-6-3-2-5-10-29(36-30)25-20-26(31)22-27(32)21-25/h2-3,5-6,10-13,20-22,29,33H,1,4,7-9,14-19,23H2/b3-2-,10-5+,12-11-,13-6+,33-28?. The highest BCUT2D eigenvalue weighted by atomic mass is 35.5. The first kappa shape index (κ1) is 26.9. The number of halogens is 2. The number of nitrogens with one attached hydrogen (secondary N) is 1. The van der Waals surface area contributed by atoms with E-state index in [0.29, 0.717) is 22.3 Å². The van der Waals surface area contributed by atoms with Crippen molar-refractivity contribution < 1.29 is 4.74 Å². The molecule has 1 spiro atoms. The number of hydrogen-bond donors (Lipinski definition) is 1. The summed E-state index contributed by atoms with van der Waals surface area (Å²) in [5, 5.41) is 9.76. The zero-order valence-electron chi connectivity index (χ0n) is 21.0. The molecule has 2 saturated heterocycles. The second kappa shape index (κ2) is 12.9. The van der Waals surface area contributed by atoms with E-state index in [2.05, 4.69) is 34.6 Å². The number of hydrogen-bond acceptors (Lipinski definition) is 4. The molecule has 6 heteroatoms. The van der Waals surface area contributed by atoms with Crippen molar-refractivity contribution in [1.29, 1.82) is 5.41 Å². The highest BCUT2D eigenvalue weighted by molar-refractivity contribution is 6.34. The Labute approximate surface area is 226 Å². The topological polar surface area (TPSA) is 39.6 Å². The van der Waals surface area contributed by atoms with Crippen LogP contribution < -0.4 is 0 Å². The molecule has 192 valence electrons. The van der Waals surface area contributed by atoms with Gasteiger partial charge in [0, 0.05) is 47.6 Å². The van der Waals surface area contributed by atoms with Crippen molar-refractivity contribution >= 4 is 28.9 Å². The van der Waals surface area contributed by atoms with E-state index in [1.165, 1.54) is 19.3 Å². The van der Waals surface area contributed by atoms with Gasteiger partial charge in [-0.15, -0.1) is 0 Å². The first-order chi connectivity index (χ1) is 17.4. The van der Waals surface area contributed by atoms with E-state index in [1.807, 2.05) is 42.5 Å². The summed E-state index contributed by atoms with van der Waals surface area (Å²) in [6.07, 6.45) is 22.6. The van der Waals surface area contributed by atoms with Gasteiger partial charge in [-0.05, 0) is 81.0 Å². The Hall–Kier alpha value is -2.11. The van der Waals surface area contributed by atoms with Crippen LogP contribution in [0.15, 0.2) is 79.1 Å². The first-order valence-corrected chi connectivity index (χ1v) is 13.8. The summed E-state index contributed by atoms with van der Waals surface area (Å²) < 4.78 is 6.83. The molecule has 4 nitrogen and oxygen atoms in total. The monoisotopic (exact) mass is 525 g/mol. The maximum absolute atomic E-state index is 8.54. The van der Waals surface area contributed by atoms with Crippen LogP contribution in [-0.2, 0) is 4.74 Å². The smallest absolute Gasteiger partial charge is 0.102 e. The molecule has 0 bridgehead atoms. The summed E-state index contributed by atoms with van der Waals surface area (Å²) in [5.74, 6) is 0. The third kappa shape index (κ3) is 7.69. The average molecular weight is 527 g/mol. The summed E-state index contributed by atoms with van der Waals surface area (Å²) in [5.41, 5.74) is 2.20. The van der Waals surface area contributed by atoms with E-state index in [0.717, 1.165) is 56.7 Å². The van der Waals surface area contributed by atoms with E-state index in [9.17, 15) is 0 Å². The lowest BCUT2D eigenvalue weighted by molar-refractivity contribution is -0.0525. The molecule has 0 aromatic heterocycles. The average Bonchev–Trinajstić information content (AvgIpc) is 2.98. The van der Waals surface area contributed by atoms with Crippen LogP contribution in [0, 0.1) is 5.41 Å². The highest BCUT2D eigenvalue weighted by Crippen LogP contribution is 2.36. The molecule has 0 saturated carbocycles. The molecular formula is C30H37Cl2N3O. The summed E-state index contributed by atoms with van der Waals surface area (Å²) >= 11 is 12.6. The fourth-order valence-corrected chi connectivity index (χ4v) is 5.72. The van der Waals surface area contributed by atoms with Gasteiger partial charge in [-0.2, -0.15) is 0 Å². The Kier molecular flexibility index (Phi) is 9.66. The van der Waals surface area contributed by atoms with Crippen molar-refractivity contribution in [2.45, 2.75) is 50.2 Å². The highest BCUT2D eigenvalue weighted by Gasteiger charge is 2.34. The number of piperidine rings is 1. The van der Waals surface area contributed by atoms with Gasteiger partial charge in [0.1, 0.15) is 6.10 Å². The van der Waals surface area contributed by atoms with E-state index in [-0.39, 0.29) is 6.10 Å². The molecule has 1 N–H and O–H groups in total. The molecule has 0 radical (unpaired) electrons. The van der Waals surface area contributed by atoms with E-state index in [4.69, 9.17) is 33.3 Å². The Balaban J connectivity index is 1.40. The van der Waals surface area contributed by atoms with Crippen molar-refractivity contribution in [3.63, 3.8) is 0 Å². The maximum atomic E-state index is 8.54. The number of ether oxygens (including phenoxy) is 1. The van der Waals surface area contributed by atoms with E-state index >= 15 is 0 Å². The van der Waals surface area contributed by atoms with Gasteiger partial charge in [-0.3, -0.25) is 4.90 Å². The molecule has 1 aromatic carbocycles. The lowest BCUT2D eigenvalue weighted by Gasteiger charge is -2.34. The van der Waals surface area contributed by atoms with Crippen LogP contribution in [0.1, 0.15) is 50.2 Å². The predicted molar refractivity (Wildman–Crippen MR) is 152 cm³/mol. The van der Waals surface area contributed by atoms with Crippen molar-refractivity contribution in [2.75, 3.05) is 32.7 Å². The summed E-state index contributed by atoms with van der Waals surface area (Å²) in [4.78, 5) is 4.70. The van der Waals surface area contributed by atoms with Gasteiger partial charge in [0.2, 0.25) is 0 Å². The molecule has 36 heavy (non-hydrogen) atoms. The van der Waals surface area contributed by atoms with Gasteiger partial charge in [-0.25, -0.2) is 0 Å². The Morgan fingerprint density at radius 3 is 2.47 bits per heavy atom. The number of rotatable bonds is 6. The van der Waals surface area contributed by atoms with Crippen LogP contribution in [0.3, 0.4) is 0 Å². The maximum Gasteiger partial charge on any atom is 0.102 e. The normalized spacial score (nSPS) is 28.2. The molecule has 2 fully saturated rings. The van der Waals surface area contributed by atoms with Gasteiger partial charge in [-0.1, -0.05) is 66.2 Å². The lowest BCUT2D eigenvalue weighted by atomic mass is 9.93. The second-order valence-electron chi connectivity index (χ2n) is 9.96. The van der Waals surface area contributed by atoms with Crippen LogP contribution >= 0.6 is 23.2 Å². The largest absolute Gasteiger partial charge is 0.372 e. The molecule has 2 unspecified atom stereocenters. The summed E-state index contributed by atoms with van der Waals surface area (Å²) in [6, 6.07) is 5.60. The van der Waals surface area contributed by atoms with Gasteiger partial charge >= 0.3 is 0 Å². The minimum atomic E-state index is -0.395. The SMILES string of the molecule is C=C(/C=C\C(=N)CN1CCCC2(/C=C/C=C\C=C\C(c3cc(Cl)cc(Cl)c3)O2)CC1)N1CCCCC1. The molecule has 2 atom stereocenters. The zero-order chi connectivity index (χ0) is 25.4. The number of allylic oxidation sites excluding steroid dienone is 5. The van der Waals surface area contributed by atoms with Crippen LogP contribution in [0.4, 0.5) is 0 Å². The molecule has 3 aliphatic rings. The van der Waals surface area contributed by atoms with Gasteiger partial charge in [0.25, 0.3) is 0 Å². The second-order valence-corrected chi connectivity index (χ2v) is 10.8. The van der Waals surface area contributed by atoms with E-state index in [1.54, 1.807) is 6.07 Å². The van der Waals surface area contributed by atoms with Crippen molar-refractivity contribution in [3.05, 3.63) is 94.7 Å². The van der Waals surface area contributed by atoms with Gasteiger partial charge in [0.15, 0.2) is 0 Å². The Morgan fingerprint density at radius 2 is 1.69 bits per heavy atom. The minimum absolute atomic E-state index is 0.248. The Morgan fingerprint density at radius 1 is 0.944 bits per heavy atom. The quantitative estimate of drug-likeness (QED) is 0.308. The lowest BCUT2D eigenvalue weighted by Crippen LogP contribution is -2.35. The fraction of sp³-hybridized carbons (Fsp3) is 0.433. The van der Waals surface area contributed by atoms with Crippen LogP contribution in [0.5, 0.6) is 0 Å². The number of nitrogens with zero attached hydrogens (tertiary/aromatic N) is 2. The molecule has 0 amide bonds. The molecule has 1 aromatic rings. The number of likely N-dealkylation sites (tertiary alicyclic amines) is 2. The van der Waals surface area contributed by atoms with Crippen molar-refractivity contribution in [1.82, 2.24) is 9.80 Å². The molecule has 4 rings (SSSR count). The number of benzene rings is 1. The summed E-state index contributed by atoms with van der Waals surface area (Å²) in [6.45, 7) is 8.81. The van der Waals surface area contributed by atoms with Gasteiger partial charge < -0.3 is 15.0 Å².